The van der Waals surface area contributed by atoms with Gasteiger partial charge in [-0.3, -0.25) is 0 Å². The minimum absolute atomic E-state index is 0.509. The normalized spacial score (nSPS) is 11.0. The average Bonchev–Trinajstić information content (AvgIpc) is 3.25. The van der Waals surface area contributed by atoms with E-state index >= 15 is 0 Å². The van der Waals surface area contributed by atoms with E-state index in [0.717, 1.165) is 11.3 Å². The Kier molecular flexibility index (Phi) is 3.23. The zero-order valence-corrected chi connectivity index (χ0v) is 12.4. The van der Waals surface area contributed by atoms with Gasteiger partial charge in [0, 0.05) is 5.56 Å². The number of nitrogens with zero attached hydrogens (tertiary/aromatic N) is 5. The summed E-state index contributed by atoms with van der Waals surface area (Å²) in [5.41, 5.74) is 2.89. The third kappa shape index (κ3) is 2.32. The molecular formula is C16H13N5O2. The molecule has 7 nitrogen and oxygen atoms in total. The molecule has 0 aliphatic carbocycles. The van der Waals surface area contributed by atoms with Gasteiger partial charge in [-0.15, -0.1) is 5.10 Å². The Morgan fingerprint density at radius 1 is 1.13 bits per heavy atom. The molecule has 3 aromatic heterocycles. The molecule has 0 bridgehead atoms. The molecule has 3 heterocycles. The van der Waals surface area contributed by atoms with Crippen LogP contribution in [0, 0.1) is 0 Å². The van der Waals surface area contributed by atoms with Gasteiger partial charge < -0.3 is 9.15 Å². The van der Waals surface area contributed by atoms with Gasteiger partial charge >= 0.3 is 0 Å². The van der Waals surface area contributed by atoms with Crippen LogP contribution in [0.5, 0.6) is 5.75 Å². The number of fused-ring (bicyclic) bond motifs is 1. The number of hydrogen-bond acceptors (Lipinski definition) is 6. The van der Waals surface area contributed by atoms with Gasteiger partial charge in [0.2, 0.25) is 0 Å². The summed E-state index contributed by atoms with van der Waals surface area (Å²) in [7, 11) is 1.65. The molecule has 0 radical (unpaired) electrons. The van der Waals surface area contributed by atoms with Crippen LogP contribution in [0.1, 0.15) is 5.56 Å². The molecule has 4 rings (SSSR count). The van der Waals surface area contributed by atoms with Gasteiger partial charge in [-0.1, -0.05) is 23.4 Å². The van der Waals surface area contributed by atoms with Crippen molar-refractivity contribution in [3.63, 3.8) is 0 Å². The number of furan rings is 1. The summed E-state index contributed by atoms with van der Waals surface area (Å²) in [5.74, 6) is 1.44. The van der Waals surface area contributed by atoms with Crippen LogP contribution in [0.4, 0.5) is 0 Å². The average molecular weight is 307 g/mol. The van der Waals surface area contributed by atoms with Crippen LogP contribution < -0.4 is 4.74 Å². The fraction of sp³-hybridized carbons (Fsp3) is 0.125. The summed E-state index contributed by atoms with van der Waals surface area (Å²) < 4.78 is 12.5. The smallest absolute Gasteiger partial charge is 0.182 e. The second-order valence-electron chi connectivity index (χ2n) is 4.93. The monoisotopic (exact) mass is 307 g/mol. The molecule has 114 valence electrons. The van der Waals surface area contributed by atoms with Crippen molar-refractivity contribution in [1.29, 1.82) is 0 Å². The van der Waals surface area contributed by atoms with E-state index in [2.05, 4.69) is 20.3 Å². The van der Waals surface area contributed by atoms with E-state index in [4.69, 9.17) is 9.15 Å². The number of methoxy groups -OCH3 is 1. The Balaban J connectivity index is 1.79. The molecule has 0 amide bonds. The molecule has 0 N–H and O–H groups in total. The van der Waals surface area contributed by atoms with Crippen LogP contribution in [0.2, 0.25) is 0 Å². The molecule has 0 spiro atoms. The van der Waals surface area contributed by atoms with Crippen LogP contribution >= 0.6 is 0 Å². The summed E-state index contributed by atoms with van der Waals surface area (Å²) in [6.45, 7) is 0.509. The first kappa shape index (κ1) is 13.4. The molecule has 4 aromatic rings. The van der Waals surface area contributed by atoms with Crippen molar-refractivity contribution in [1.82, 2.24) is 25.0 Å². The fourth-order valence-corrected chi connectivity index (χ4v) is 2.49. The summed E-state index contributed by atoms with van der Waals surface area (Å²) in [6, 6.07) is 11.4. The largest absolute Gasteiger partial charge is 0.496 e. The van der Waals surface area contributed by atoms with Crippen molar-refractivity contribution in [2.45, 2.75) is 6.54 Å². The number of hydrogen-bond donors (Lipinski definition) is 0. The lowest BCUT2D eigenvalue weighted by atomic mass is 10.2. The van der Waals surface area contributed by atoms with Crippen LogP contribution in [0.25, 0.3) is 22.6 Å². The van der Waals surface area contributed by atoms with Crippen molar-refractivity contribution >= 4 is 11.2 Å². The predicted octanol–water partition coefficient (Wildman–Crippen LogP) is 2.54. The molecule has 0 saturated carbocycles. The fourth-order valence-electron chi connectivity index (χ4n) is 2.49. The number of ether oxygens (including phenoxy) is 1. The maximum absolute atomic E-state index is 5.40. The van der Waals surface area contributed by atoms with Gasteiger partial charge in [0.1, 0.15) is 17.8 Å². The van der Waals surface area contributed by atoms with E-state index in [9.17, 15) is 0 Å². The van der Waals surface area contributed by atoms with E-state index in [1.165, 1.54) is 6.33 Å². The Morgan fingerprint density at radius 2 is 2.04 bits per heavy atom. The number of rotatable bonds is 4. The maximum atomic E-state index is 5.40. The molecule has 0 atom stereocenters. The number of para-hydroxylation sites is 1. The Labute approximate surface area is 131 Å². The molecule has 1 aromatic carbocycles. The highest BCUT2D eigenvalue weighted by Crippen LogP contribution is 2.25. The maximum Gasteiger partial charge on any atom is 0.182 e. The third-order valence-electron chi connectivity index (χ3n) is 3.57. The first-order valence-electron chi connectivity index (χ1n) is 7.07. The molecule has 7 heteroatoms. The SMILES string of the molecule is COc1ccccc1Cn1nnc2c(-c3ccco3)ncnc21. The molecular weight excluding hydrogens is 294 g/mol. The first-order valence-corrected chi connectivity index (χ1v) is 7.07. The standard InChI is InChI=1S/C16H13N5O2/c1-22-12-6-3-2-5-11(12)9-21-16-15(19-20-21)14(17-10-18-16)13-7-4-8-23-13/h2-8,10H,9H2,1H3. The quantitative estimate of drug-likeness (QED) is 0.576. The van der Waals surface area contributed by atoms with Crippen LogP contribution in [-0.2, 0) is 6.54 Å². The molecule has 0 fully saturated rings. The lowest BCUT2D eigenvalue weighted by molar-refractivity contribution is 0.407. The van der Waals surface area contributed by atoms with Gasteiger partial charge in [0.05, 0.1) is 19.9 Å². The van der Waals surface area contributed by atoms with E-state index in [-0.39, 0.29) is 0 Å². The topological polar surface area (TPSA) is 78.9 Å². The summed E-state index contributed by atoms with van der Waals surface area (Å²) >= 11 is 0. The molecule has 0 aliphatic heterocycles. The lowest BCUT2D eigenvalue weighted by Crippen LogP contribution is -2.04. The van der Waals surface area contributed by atoms with E-state index in [1.807, 2.05) is 36.4 Å². The van der Waals surface area contributed by atoms with Gasteiger partial charge in [0.15, 0.2) is 16.9 Å². The third-order valence-corrected chi connectivity index (χ3v) is 3.57. The lowest BCUT2D eigenvalue weighted by Gasteiger charge is -2.07. The van der Waals surface area contributed by atoms with Crippen molar-refractivity contribution in [2.75, 3.05) is 7.11 Å². The van der Waals surface area contributed by atoms with Gasteiger partial charge in [-0.05, 0) is 18.2 Å². The predicted molar refractivity (Wildman–Crippen MR) is 82.9 cm³/mol. The van der Waals surface area contributed by atoms with Gasteiger partial charge in [0.25, 0.3) is 0 Å². The van der Waals surface area contributed by atoms with Gasteiger partial charge in [-0.2, -0.15) is 0 Å². The van der Waals surface area contributed by atoms with Crippen LogP contribution in [0.3, 0.4) is 0 Å². The van der Waals surface area contributed by atoms with Crippen molar-refractivity contribution < 1.29 is 9.15 Å². The van der Waals surface area contributed by atoms with Crippen LogP contribution in [-0.4, -0.2) is 32.1 Å². The zero-order valence-electron chi connectivity index (χ0n) is 12.4. The Bertz CT molecular complexity index is 946. The van der Waals surface area contributed by atoms with Crippen molar-refractivity contribution in [3.8, 4) is 17.2 Å². The highest BCUT2D eigenvalue weighted by molar-refractivity contribution is 5.84. The summed E-state index contributed by atoms with van der Waals surface area (Å²) in [5, 5.41) is 8.42. The summed E-state index contributed by atoms with van der Waals surface area (Å²) in [6.07, 6.45) is 3.09. The molecule has 0 aliphatic rings. The van der Waals surface area contributed by atoms with E-state index in [0.29, 0.717) is 29.2 Å². The molecule has 0 saturated heterocycles. The Hall–Kier alpha value is -3.22. The second kappa shape index (κ2) is 5.53. The second-order valence-corrected chi connectivity index (χ2v) is 4.93. The minimum atomic E-state index is 0.509. The summed E-state index contributed by atoms with van der Waals surface area (Å²) in [4.78, 5) is 8.57. The zero-order chi connectivity index (χ0) is 15.6. The minimum Gasteiger partial charge on any atom is -0.496 e. The Morgan fingerprint density at radius 3 is 2.87 bits per heavy atom. The van der Waals surface area contributed by atoms with Crippen molar-refractivity contribution in [3.05, 3.63) is 54.6 Å². The van der Waals surface area contributed by atoms with Gasteiger partial charge in [-0.25, -0.2) is 14.6 Å². The molecule has 0 unspecified atom stereocenters. The highest BCUT2D eigenvalue weighted by atomic mass is 16.5. The molecule has 23 heavy (non-hydrogen) atoms. The highest BCUT2D eigenvalue weighted by Gasteiger charge is 2.15. The van der Waals surface area contributed by atoms with Crippen molar-refractivity contribution in [2.24, 2.45) is 0 Å². The van der Waals surface area contributed by atoms with E-state index < -0.39 is 0 Å². The number of benzene rings is 1. The first-order chi connectivity index (χ1) is 11.4. The van der Waals surface area contributed by atoms with E-state index in [1.54, 1.807) is 18.1 Å². The number of aromatic nitrogens is 5. The van der Waals surface area contributed by atoms with Crippen LogP contribution in [0.15, 0.2) is 53.4 Å².